The molecule has 1 aromatic heterocycles. The number of nitrogens with one attached hydrogen (secondary N) is 1. The van der Waals surface area contributed by atoms with E-state index in [2.05, 4.69) is 5.32 Å². The smallest absolute Gasteiger partial charge is 0.408 e. The summed E-state index contributed by atoms with van der Waals surface area (Å²) in [6.45, 7) is 5.84. The molecule has 33 heavy (non-hydrogen) atoms. The van der Waals surface area contributed by atoms with Gasteiger partial charge in [-0.3, -0.25) is 0 Å². The molecule has 174 valence electrons. The Kier molecular flexibility index (Phi) is 8.24. The van der Waals surface area contributed by atoms with Gasteiger partial charge in [-0.1, -0.05) is 57.0 Å². The number of rotatable bonds is 9. The molecule has 1 amide bonds. The van der Waals surface area contributed by atoms with Crippen LogP contribution in [0.3, 0.4) is 0 Å². The zero-order chi connectivity index (χ0) is 23.8. The lowest BCUT2D eigenvalue weighted by Crippen LogP contribution is -2.43. The van der Waals surface area contributed by atoms with Crippen LogP contribution in [0.5, 0.6) is 5.75 Å². The standard InChI is InChI=1S/C26H29NO6/c1-4-9-19-15-23(28)32-21-13-17(3)14-22(24(19)21)33-25(29)20(10-5-2)27-26(30)31-16-18-11-7-6-8-12-18/h6-8,11-15,20H,4-5,9-10,16H2,1-3H3,(H,27,30). The van der Waals surface area contributed by atoms with E-state index in [1.807, 2.05) is 51.1 Å². The Morgan fingerprint density at radius 2 is 1.82 bits per heavy atom. The van der Waals surface area contributed by atoms with Gasteiger partial charge < -0.3 is 19.2 Å². The molecule has 0 aliphatic carbocycles. The molecule has 0 spiro atoms. The van der Waals surface area contributed by atoms with Gasteiger partial charge in [-0.2, -0.15) is 0 Å². The number of benzene rings is 2. The molecule has 0 bridgehead atoms. The van der Waals surface area contributed by atoms with Gasteiger partial charge in [0.25, 0.3) is 0 Å². The molecule has 2 aromatic carbocycles. The van der Waals surface area contributed by atoms with Crippen molar-refractivity contribution in [1.29, 1.82) is 0 Å². The van der Waals surface area contributed by atoms with Crippen LogP contribution in [0.15, 0.2) is 57.7 Å². The summed E-state index contributed by atoms with van der Waals surface area (Å²) in [6.07, 6.45) is 1.80. The molecule has 0 saturated heterocycles. The van der Waals surface area contributed by atoms with E-state index in [-0.39, 0.29) is 6.61 Å². The number of fused-ring (bicyclic) bond motifs is 1. The average molecular weight is 452 g/mol. The second kappa shape index (κ2) is 11.3. The largest absolute Gasteiger partial charge is 0.445 e. The summed E-state index contributed by atoms with van der Waals surface area (Å²) in [5.74, 6) is -0.295. The highest BCUT2D eigenvalue weighted by Crippen LogP contribution is 2.31. The summed E-state index contributed by atoms with van der Waals surface area (Å²) in [5, 5.41) is 3.21. The van der Waals surface area contributed by atoms with Crippen LogP contribution in [0.4, 0.5) is 4.79 Å². The average Bonchev–Trinajstić information content (AvgIpc) is 2.77. The third-order valence-electron chi connectivity index (χ3n) is 5.13. The molecule has 0 aliphatic heterocycles. The third-order valence-corrected chi connectivity index (χ3v) is 5.13. The summed E-state index contributed by atoms with van der Waals surface area (Å²) >= 11 is 0. The first-order valence-electron chi connectivity index (χ1n) is 11.2. The zero-order valence-electron chi connectivity index (χ0n) is 19.2. The Morgan fingerprint density at radius 3 is 2.52 bits per heavy atom. The van der Waals surface area contributed by atoms with Crippen LogP contribution in [0, 0.1) is 6.92 Å². The minimum Gasteiger partial charge on any atom is -0.445 e. The van der Waals surface area contributed by atoms with E-state index in [1.54, 1.807) is 12.1 Å². The summed E-state index contributed by atoms with van der Waals surface area (Å²) in [7, 11) is 0. The Balaban J connectivity index is 1.79. The number of alkyl carbamates (subject to hydrolysis) is 1. The van der Waals surface area contributed by atoms with Crippen LogP contribution in [-0.4, -0.2) is 18.1 Å². The number of hydrogen-bond donors (Lipinski definition) is 1. The highest BCUT2D eigenvalue weighted by molar-refractivity contribution is 5.91. The van der Waals surface area contributed by atoms with E-state index < -0.39 is 23.7 Å². The summed E-state index contributed by atoms with van der Waals surface area (Å²) in [4.78, 5) is 37.3. The quantitative estimate of drug-likeness (QED) is 0.278. The minimum atomic E-state index is -0.876. The summed E-state index contributed by atoms with van der Waals surface area (Å²) < 4.78 is 16.4. The van der Waals surface area contributed by atoms with Gasteiger partial charge >= 0.3 is 17.7 Å². The van der Waals surface area contributed by atoms with E-state index in [9.17, 15) is 14.4 Å². The topological polar surface area (TPSA) is 94.8 Å². The highest BCUT2D eigenvalue weighted by Gasteiger charge is 2.24. The lowest BCUT2D eigenvalue weighted by atomic mass is 10.0. The zero-order valence-corrected chi connectivity index (χ0v) is 19.2. The molecule has 3 rings (SSSR count). The van der Waals surface area contributed by atoms with Gasteiger partial charge in [0, 0.05) is 6.07 Å². The molecule has 1 atom stereocenters. The molecule has 7 heteroatoms. The van der Waals surface area contributed by atoms with Crippen LogP contribution in [0.2, 0.25) is 0 Å². The molecule has 1 N–H and O–H groups in total. The van der Waals surface area contributed by atoms with E-state index >= 15 is 0 Å². The summed E-state index contributed by atoms with van der Waals surface area (Å²) in [6, 6.07) is 13.3. The van der Waals surface area contributed by atoms with Crippen LogP contribution >= 0.6 is 0 Å². The molecular weight excluding hydrogens is 422 g/mol. The maximum atomic E-state index is 13.0. The number of amides is 1. The SMILES string of the molecule is CCCc1cc(=O)oc2cc(C)cc(OC(=O)C(CCC)NC(=O)OCc3ccccc3)c12. The fourth-order valence-electron chi connectivity index (χ4n) is 3.64. The Bertz CT molecular complexity index is 1170. The van der Waals surface area contributed by atoms with Gasteiger partial charge in [-0.05, 0) is 48.6 Å². The molecule has 0 fully saturated rings. The van der Waals surface area contributed by atoms with Crippen LogP contribution in [0.25, 0.3) is 11.0 Å². The molecule has 1 unspecified atom stereocenters. The van der Waals surface area contributed by atoms with Gasteiger partial charge in [0.15, 0.2) is 0 Å². The van der Waals surface area contributed by atoms with Gasteiger partial charge in [0.2, 0.25) is 0 Å². The number of carbonyl (C=O) groups is 2. The van der Waals surface area contributed by atoms with Crippen LogP contribution in [0.1, 0.15) is 49.8 Å². The van der Waals surface area contributed by atoms with E-state index in [1.165, 1.54) is 6.07 Å². The lowest BCUT2D eigenvalue weighted by Gasteiger charge is -2.18. The van der Waals surface area contributed by atoms with Crippen molar-refractivity contribution >= 4 is 23.0 Å². The third kappa shape index (κ3) is 6.44. The van der Waals surface area contributed by atoms with Crippen molar-refractivity contribution in [3.63, 3.8) is 0 Å². The fraction of sp³-hybridized carbons (Fsp3) is 0.346. The van der Waals surface area contributed by atoms with E-state index in [0.29, 0.717) is 36.0 Å². The molecular formula is C26H29NO6. The first-order valence-corrected chi connectivity index (χ1v) is 11.2. The number of aryl methyl sites for hydroxylation is 2. The molecule has 0 radical (unpaired) electrons. The Labute approximate surface area is 192 Å². The van der Waals surface area contributed by atoms with Gasteiger partial charge in [0.05, 0.1) is 5.39 Å². The van der Waals surface area contributed by atoms with Crippen molar-refractivity contribution in [2.75, 3.05) is 0 Å². The van der Waals surface area contributed by atoms with Gasteiger partial charge in [-0.25, -0.2) is 14.4 Å². The number of esters is 1. The van der Waals surface area contributed by atoms with E-state index in [4.69, 9.17) is 13.9 Å². The highest BCUT2D eigenvalue weighted by atomic mass is 16.6. The monoisotopic (exact) mass is 451 g/mol. The maximum absolute atomic E-state index is 13.0. The Hall–Kier alpha value is -3.61. The van der Waals surface area contributed by atoms with Crippen molar-refractivity contribution in [2.45, 2.75) is 59.1 Å². The normalized spacial score (nSPS) is 11.7. The van der Waals surface area contributed by atoms with E-state index in [0.717, 1.165) is 23.1 Å². The lowest BCUT2D eigenvalue weighted by molar-refractivity contribution is -0.136. The number of ether oxygens (including phenoxy) is 2. The number of hydrogen-bond acceptors (Lipinski definition) is 6. The summed E-state index contributed by atoms with van der Waals surface area (Å²) in [5.41, 5.74) is 2.31. The van der Waals surface area contributed by atoms with Crippen molar-refractivity contribution in [1.82, 2.24) is 5.32 Å². The van der Waals surface area contributed by atoms with Gasteiger partial charge in [0.1, 0.15) is 24.0 Å². The molecule has 0 saturated carbocycles. The first kappa shape index (κ1) is 24.0. The molecule has 7 nitrogen and oxygen atoms in total. The first-order chi connectivity index (χ1) is 15.9. The van der Waals surface area contributed by atoms with Crippen molar-refractivity contribution in [3.8, 4) is 5.75 Å². The Morgan fingerprint density at radius 1 is 1.06 bits per heavy atom. The van der Waals surface area contributed by atoms with Crippen molar-refractivity contribution in [3.05, 3.63) is 75.6 Å². The fourth-order valence-corrected chi connectivity index (χ4v) is 3.64. The molecule has 0 aliphatic rings. The minimum absolute atomic E-state index is 0.0997. The van der Waals surface area contributed by atoms with Crippen molar-refractivity contribution in [2.24, 2.45) is 0 Å². The molecule has 1 heterocycles. The van der Waals surface area contributed by atoms with Crippen LogP contribution in [-0.2, 0) is 22.6 Å². The molecule has 3 aromatic rings. The van der Waals surface area contributed by atoms with Gasteiger partial charge in [-0.15, -0.1) is 0 Å². The second-order valence-corrected chi connectivity index (χ2v) is 7.95. The maximum Gasteiger partial charge on any atom is 0.408 e. The predicted molar refractivity (Wildman–Crippen MR) is 125 cm³/mol. The van der Waals surface area contributed by atoms with Crippen molar-refractivity contribution < 1.29 is 23.5 Å². The second-order valence-electron chi connectivity index (χ2n) is 7.95. The van der Waals surface area contributed by atoms with Crippen LogP contribution < -0.4 is 15.7 Å². The number of carbonyl (C=O) groups excluding carboxylic acids is 2. The predicted octanol–water partition coefficient (Wildman–Crippen LogP) is 5.05.